The van der Waals surface area contributed by atoms with Gasteiger partial charge in [0.05, 0.1) is 19.3 Å². The summed E-state index contributed by atoms with van der Waals surface area (Å²) in [6, 6.07) is 13.3. The zero-order valence-electron chi connectivity index (χ0n) is 15.2. The molecule has 0 aliphatic heterocycles. The van der Waals surface area contributed by atoms with Gasteiger partial charge in [0.2, 0.25) is 0 Å². The van der Waals surface area contributed by atoms with E-state index < -0.39 is 22.5 Å². The van der Waals surface area contributed by atoms with Gasteiger partial charge in [-0.25, -0.2) is 14.1 Å². The monoisotopic (exact) mass is 435 g/mol. The number of nitrogens with zero attached hydrogens (tertiary/aromatic N) is 3. The SMILES string of the molecule is COc1nn(-c2cccc(CNS(=O)[O-])c2)c(=O)n(Cc2ccc(Cl)cc2)c1=O. The lowest BCUT2D eigenvalue weighted by atomic mass is 10.2. The molecule has 1 N–H and O–H groups in total. The van der Waals surface area contributed by atoms with Crippen molar-refractivity contribution < 1.29 is 13.5 Å². The molecule has 1 atom stereocenters. The Morgan fingerprint density at radius 2 is 1.90 bits per heavy atom. The van der Waals surface area contributed by atoms with Gasteiger partial charge in [-0.2, -0.15) is 4.68 Å². The van der Waals surface area contributed by atoms with Crippen LogP contribution in [0.25, 0.3) is 5.69 Å². The van der Waals surface area contributed by atoms with Crippen LogP contribution in [0.5, 0.6) is 5.88 Å². The molecule has 11 heteroatoms. The quantitative estimate of drug-likeness (QED) is 0.553. The molecule has 3 rings (SSSR count). The lowest BCUT2D eigenvalue weighted by Gasteiger charge is -2.13. The third-order valence-corrected chi connectivity index (χ3v) is 4.66. The molecule has 1 unspecified atom stereocenters. The van der Waals surface area contributed by atoms with E-state index >= 15 is 0 Å². The molecule has 0 spiro atoms. The number of methoxy groups -OCH3 is 1. The number of rotatable bonds is 7. The molecule has 0 aliphatic carbocycles. The Bertz CT molecular complexity index is 1160. The number of halogens is 1. The predicted molar refractivity (Wildman–Crippen MR) is 107 cm³/mol. The lowest BCUT2D eigenvalue weighted by molar-refractivity contribution is 0.367. The van der Waals surface area contributed by atoms with Crippen molar-refractivity contribution in [1.29, 1.82) is 0 Å². The van der Waals surface area contributed by atoms with Crippen LogP contribution in [0.15, 0.2) is 58.1 Å². The maximum atomic E-state index is 13.0. The van der Waals surface area contributed by atoms with Crippen LogP contribution in [-0.4, -0.2) is 30.2 Å². The molecule has 3 aromatic rings. The van der Waals surface area contributed by atoms with E-state index in [4.69, 9.17) is 16.3 Å². The van der Waals surface area contributed by atoms with E-state index in [0.717, 1.165) is 9.25 Å². The fourth-order valence-corrected chi connectivity index (χ4v) is 3.05. The van der Waals surface area contributed by atoms with Crippen LogP contribution in [0.2, 0.25) is 5.02 Å². The number of benzene rings is 2. The zero-order valence-corrected chi connectivity index (χ0v) is 16.8. The molecule has 0 aliphatic rings. The average molecular weight is 436 g/mol. The summed E-state index contributed by atoms with van der Waals surface area (Å²) in [5, 5.41) is 4.54. The number of ether oxygens (including phenoxy) is 1. The highest BCUT2D eigenvalue weighted by Gasteiger charge is 2.15. The molecule has 1 heterocycles. The van der Waals surface area contributed by atoms with E-state index in [0.29, 0.717) is 21.8 Å². The second-order valence-electron chi connectivity index (χ2n) is 5.95. The molecular formula is C18H16ClN4O5S-. The summed E-state index contributed by atoms with van der Waals surface area (Å²) in [6.07, 6.45) is 0. The average Bonchev–Trinajstić information content (AvgIpc) is 2.71. The van der Waals surface area contributed by atoms with Crippen LogP contribution in [-0.2, 0) is 24.4 Å². The van der Waals surface area contributed by atoms with Crippen molar-refractivity contribution >= 4 is 22.9 Å². The second-order valence-corrected chi connectivity index (χ2v) is 7.14. The summed E-state index contributed by atoms with van der Waals surface area (Å²) >= 11 is 3.47. The van der Waals surface area contributed by atoms with Gasteiger partial charge in [0.15, 0.2) is 0 Å². The first-order chi connectivity index (χ1) is 13.9. The summed E-state index contributed by atoms with van der Waals surface area (Å²) < 4.78 is 30.7. The fraction of sp³-hybridized carbons (Fsp3) is 0.167. The van der Waals surface area contributed by atoms with E-state index in [-0.39, 0.29) is 19.0 Å². The van der Waals surface area contributed by atoms with Crippen molar-refractivity contribution in [2.24, 2.45) is 0 Å². The molecule has 0 bridgehead atoms. The highest BCUT2D eigenvalue weighted by atomic mass is 35.5. The first-order valence-corrected chi connectivity index (χ1v) is 9.79. The molecule has 0 amide bonds. The minimum Gasteiger partial charge on any atom is -0.760 e. The topological polar surface area (TPSA) is 118 Å². The van der Waals surface area contributed by atoms with Crippen LogP contribution in [0.3, 0.4) is 0 Å². The third kappa shape index (κ3) is 4.98. The standard InChI is InChI=1S/C18H17ClN4O5S/c1-28-16-17(24)22(11-12-5-7-14(19)8-6-12)18(25)23(21-16)15-4-2-3-13(9-15)10-20-29(26)27/h2-9,20H,10-11H2,1H3,(H,26,27)/p-1. The van der Waals surface area contributed by atoms with Gasteiger partial charge in [0, 0.05) is 22.8 Å². The molecular weight excluding hydrogens is 420 g/mol. The van der Waals surface area contributed by atoms with Crippen LogP contribution < -0.4 is 20.7 Å². The molecule has 2 aromatic carbocycles. The summed E-state index contributed by atoms with van der Waals surface area (Å²) in [7, 11) is 1.29. The fourth-order valence-electron chi connectivity index (χ4n) is 2.64. The van der Waals surface area contributed by atoms with E-state index in [9.17, 15) is 18.4 Å². The molecule has 0 saturated heterocycles. The Labute approximate surface area is 172 Å². The van der Waals surface area contributed by atoms with Crippen molar-refractivity contribution in [3.05, 3.63) is 85.5 Å². The number of aromatic nitrogens is 3. The van der Waals surface area contributed by atoms with Gasteiger partial charge in [0.25, 0.3) is 5.88 Å². The highest BCUT2D eigenvalue weighted by molar-refractivity contribution is 7.77. The van der Waals surface area contributed by atoms with Crippen molar-refractivity contribution in [3.63, 3.8) is 0 Å². The van der Waals surface area contributed by atoms with E-state index in [1.807, 2.05) is 0 Å². The van der Waals surface area contributed by atoms with Crippen LogP contribution in [0.1, 0.15) is 11.1 Å². The Balaban J connectivity index is 2.07. The molecule has 29 heavy (non-hydrogen) atoms. The smallest absolute Gasteiger partial charge is 0.352 e. The number of hydrogen-bond acceptors (Lipinski definition) is 6. The summed E-state index contributed by atoms with van der Waals surface area (Å²) in [5.41, 5.74) is 0.333. The molecule has 9 nitrogen and oxygen atoms in total. The van der Waals surface area contributed by atoms with Crippen molar-refractivity contribution in [2.45, 2.75) is 13.1 Å². The van der Waals surface area contributed by atoms with Crippen molar-refractivity contribution in [2.75, 3.05) is 7.11 Å². The zero-order chi connectivity index (χ0) is 21.0. The van der Waals surface area contributed by atoms with Gasteiger partial charge in [-0.1, -0.05) is 35.9 Å². The van der Waals surface area contributed by atoms with Gasteiger partial charge >= 0.3 is 11.2 Å². The lowest BCUT2D eigenvalue weighted by Crippen LogP contribution is -2.41. The van der Waals surface area contributed by atoms with Gasteiger partial charge in [-0.15, -0.1) is 5.10 Å². The predicted octanol–water partition coefficient (Wildman–Crippen LogP) is 0.988. The van der Waals surface area contributed by atoms with Crippen LogP contribution in [0, 0.1) is 0 Å². The number of hydrogen-bond donors (Lipinski definition) is 1. The van der Waals surface area contributed by atoms with Crippen molar-refractivity contribution in [1.82, 2.24) is 19.1 Å². The largest absolute Gasteiger partial charge is 0.760 e. The molecule has 0 saturated carbocycles. The molecule has 0 radical (unpaired) electrons. The normalized spacial score (nSPS) is 12.0. The second kappa shape index (κ2) is 9.14. The third-order valence-electron chi connectivity index (χ3n) is 4.03. The summed E-state index contributed by atoms with van der Waals surface area (Å²) in [6.45, 7) is 0.0460. The Morgan fingerprint density at radius 3 is 2.55 bits per heavy atom. The van der Waals surface area contributed by atoms with Gasteiger partial charge in [-0.05, 0) is 35.4 Å². The van der Waals surface area contributed by atoms with Gasteiger partial charge in [-0.3, -0.25) is 9.00 Å². The van der Waals surface area contributed by atoms with E-state index in [1.165, 1.54) is 7.11 Å². The van der Waals surface area contributed by atoms with Gasteiger partial charge < -0.3 is 9.29 Å². The molecule has 152 valence electrons. The first-order valence-electron chi connectivity index (χ1n) is 8.33. The summed E-state index contributed by atoms with van der Waals surface area (Å²) in [4.78, 5) is 25.6. The van der Waals surface area contributed by atoms with Gasteiger partial charge in [0.1, 0.15) is 0 Å². The highest BCUT2D eigenvalue weighted by Crippen LogP contribution is 2.11. The number of nitrogens with one attached hydrogen (secondary N) is 1. The Hall–Kier alpha value is -2.79. The molecule has 1 aromatic heterocycles. The van der Waals surface area contributed by atoms with Crippen molar-refractivity contribution in [3.8, 4) is 11.6 Å². The summed E-state index contributed by atoms with van der Waals surface area (Å²) in [5.74, 6) is -0.247. The minimum atomic E-state index is -2.42. The minimum absolute atomic E-state index is 0.00409. The van der Waals surface area contributed by atoms with E-state index in [2.05, 4.69) is 9.82 Å². The van der Waals surface area contributed by atoms with E-state index in [1.54, 1.807) is 48.5 Å². The van der Waals surface area contributed by atoms with Crippen LogP contribution in [0.4, 0.5) is 0 Å². The Morgan fingerprint density at radius 1 is 1.17 bits per heavy atom. The van der Waals surface area contributed by atoms with Crippen LogP contribution >= 0.6 is 11.6 Å². The molecule has 0 fully saturated rings. The Kier molecular flexibility index (Phi) is 6.60. The first kappa shape index (κ1) is 20.9. The maximum Gasteiger partial charge on any atom is 0.352 e. The maximum absolute atomic E-state index is 13.0.